The number of amides is 1. The number of hydrogen-bond donors (Lipinski definition) is 1. The fourth-order valence-electron chi connectivity index (χ4n) is 2.04. The van der Waals surface area contributed by atoms with Gasteiger partial charge in [0.15, 0.2) is 0 Å². The fourth-order valence-corrected chi connectivity index (χ4v) is 3.61. The Labute approximate surface area is 103 Å². The predicted molar refractivity (Wildman–Crippen MR) is 68.0 cm³/mol. The van der Waals surface area contributed by atoms with Crippen molar-refractivity contribution >= 4 is 22.4 Å². The number of rotatable bonds is 2. The summed E-state index contributed by atoms with van der Waals surface area (Å²) in [6, 6.07) is 5.27. The molecule has 2 unspecified atom stereocenters. The summed E-state index contributed by atoms with van der Waals surface area (Å²) in [4.78, 5) is 14.2. The minimum Gasteiger partial charge on any atom is -0.399 e. The van der Waals surface area contributed by atoms with E-state index >= 15 is 0 Å². The summed E-state index contributed by atoms with van der Waals surface area (Å²) in [6.45, 7) is 2.55. The molecule has 1 aromatic carbocycles. The van der Waals surface area contributed by atoms with Crippen molar-refractivity contribution in [3.63, 3.8) is 0 Å². The average Bonchev–Trinajstić information content (AvgIpc) is 2.59. The van der Waals surface area contributed by atoms with E-state index in [9.17, 15) is 9.00 Å². The number of carbonyl (C=O) groups excluding carboxylic acids is 1. The lowest BCUT2D eigenvalue weighted by Crippen LogP contribution is -2.28. The molecule has 1 heterocycles. The van der Waals surface area contributed by atoms with Crippen LogP contribution in [0.2, 0.25) is 0 Å². The zero-order valence-corrected chi connectivity index (χ0v) is 10.8. The van der Waals surface area contributed by atoms with E-state index in [1.807, 2.05) is 6.92 Å². The first-order chi connectivity index (χ1) is 8.00. The second-order valence-electron chi connectivity index (χ2n) is 4.36. The molecule has 1 fully saturated rings. The number of carbonyl (C=O) groups is 1. The van der Waals surface area contributed by atoms with Crippen LogP contribution in [0, 0.1) is 6.92 Å². The van der Waals surface area contributed by atoms with Gasteiger partial charge >= 0.3 is 0 Å². The lowest BCUT2D eigenvalue weighted by molar-refractivity contribution is -0.126. The first kappa shape index (κ1) is 12.1. The van der Waals surface area contributed by atoms with Crippen LogP contribution < -0.4 is 5.73 Å². The number of benzene rings is 1. The average molecular weight is 252 g/mol. The first-order valence-electron chi connectivity index (χ1n) is 5.52. The number of nitrogens with zero attached hydrogens (tertiary/aromatic N) is 1. The largest absolute Gasteiger partial charge is 0.399 e. The van der Waals surface area contributed by atoms with Crippen LogP contribution >= 0.6 is 0 Å². The van der Waals surface area contributed by atoms with E-state index < -0.39 is 16.0 Å². The molecule has 0 saturated carbocycles. The lowest BCUT2D eigenvalue weighted by Gasteiger charge is -2.12. The summed E-state index contributed by atoms with van der Waals surface area (Å²) in [5.41, 5.74) is 7.19. The molecule has 92 valence electrons. The number of anilines is 1. The number of hydrogen-bond acceptors (Lipinski definition) is 3. The number of nitrogens with two attached hydrogens (primary N) is 1. The maximum absolute atomic E-state index is 12.4. The van der Waals surface area contributed by atoms with Gasteiger partial charge in [0.2, 0.25) is 5.91 Å². The second-order valence-corrected chi connectivity index (χ2v) is 5.96. The van der Waals surface area contributed by atoms with E-state index in [2.05, 4.69) is 0 Å². The van der Waals surface area contributed by atoms with Gasteiger partial charge in [-0.05, 0) is 37.1 Å². The number of aryl methyl sites for hydroxylation is 1. The zero-order valence-electron chi connectivity index (χ0n) is 9.97. The van der Waals surface area contributed by atoms with Crippen LogP contribution in [0.15, 0.2) is 23.1 Å². The Morgan fingerprint density at radius 1 is 1.47 bits per heavy atom. The molecule has 2 atom stereocenters. The molecule has 1 amide bonds. The highest BCUT2D eigenvalue weighted by Crippen LogP contribution is 2.24. The molecule has 17 heavy (non-hydrogen) atoms. The molecule has 1 aromatic rings. The first-order valence-corrected chi connectivity index (χ1v) is 6.73. The van der Waals surface area contributed by atoms with Crippen LogP contribution in [-0.2, 0) is 15.6 Å². The van der Waals surface area contributed by atoms with Crippen molar-refractivity contribution in [2.45, 2.75) is 23.5 Å². The Morgan fingerprint density at radius 3 is 2.71 bits per heavy atom. The Morgan fingerprint density at radius 2 is 2.18 bits per heavy atom. The van der Waals surface area contributed by atoms with E-state index in [0.29, 0.717) is 23.5 Å². The molecule has 0 radical (unpaired) electrons. The molecular formula is C12H16N2O2S. The van der Waals surface area contributed by atoms with E-state index in [1.54, 1.807) is 30.1 Å². The zero-order chi connectivity index (χ0) is 12.6. The smallest absolute Gasteiger partial charge is 0.238 e. The monoisotopic (exact) mass is 252 g/mol. The SMILES string of the molecule is Cc1cc(N)ccc1S(=O)C1CCN(C)C1=O. The van der Waals surface area contributed by atoms with Crippen LogP contribution in [0.4, 0.5) is 5.69 Å². The Kier molecular flexibility index (Phi) is 3.19. The van der Waals surface area contributed by atoms with E-state index in [0.717, 1.165) is 5.56 Å². The van der Waals surface area contributed by atoms with E-state index in [4.69, 9.17) is 5.73 Å². The van der Waals surface area contributed by atoms with Gasteiger partial charge in [0.05, 0.1) is 10.8 Å². The van der Waals surface area contributed by atoms with Gasteiger partial charge < -0.3 is 10.6 Å². The summed E-state index contributed by atoms with van der Waals surface area (Å²) in [5, 5.41) is -0.401. The van der Waals surface area contributed by atoms with Gasteiger partial charge in [0.1, 0.15) is 5.25 Å². The summed E-state index contributed by atoms with van der Waals surface area (Å²) in [7, 11) is 0.469. The number of likely N-dealkylation sites (tertiary alicyclic amines) is 1. The van der Waals surface area contributed by atoms with Gasteiger partial charge in [-0.15, -0.1) is 0 Å². The third-order valence-corrected chi connectivity index (χ3v) is 4.90. The lowest BCUT2D eigenvalue weighted by atomic mass is 10.2. The quantitative estimate of drug-likeness (QED) is 0.796. The van der Waals surface area contributed by atoms with Crippen LogP contribution in [0.25, 0.3) is 0 Å². The summed E-state index contributed by atoms with van der Waals surface area (Å²) < 4.78 is 12.4. The van der Waals surface area contributed by atoms with Crippen molar-refractivity contribution in [1.29, 1.82) is 0 Å². The third kappa shape index (κ3) is 2.20. The molecule has 0 spiro atoms. The van der Waals surface area contributed by atoms with Crippen molar-refractivity contribution in [3.8, 4) is 0 Å². The molecule has 0 aliphatic carbocycles. The van der Waals surface area contributed by atoms with Crippen molar-refractivity contribution in [2.75, 3.05) is 19.3 Å². The van der Waals surface area contributed by atoms with Crippen LogP contribution in [0.3, 0.4) is 0 Å². The van der Waals surface area contributed by atoms with Crippen LogP contribution in [-0.4, -0.2) is 33.9 Å². The molecule has 1 saturated heterocycles. The Bertz CT molecular complexity index is 487. The van der Waals surface area contributed by atoms with Crippen molar-refractivity contribution in [3.05, 3.63) is 23.8 Å². The topological polar surface area (TPSA) is 63.4 Å². The van der Waals surface area contributed by atoms with Crippen molar-refractivity contribution in [2.24, 2.45) is 0 Å². The van der Waals surface area contributed by atoms with Gasteiger partial charge in [0.25, 0.3) is 0 Å². The fraction of sp³-hybridized carbons (Fsp3) is 0.417. The second kappa shape index (κ2) is 4.49. The molecule has 2 rings (SSSR count). The molecule has 5 heteroatoms. The minimum absolute atomic E-state index is 0.0282. The standard InChI is InChI=1S/C12H16N2O2S/c1-8-7-9(13)3-4-10(8)17(16)11-5-6-14(2)12(11)15/h3-4,7,11H,5-6,13H2,1-2H3. The highest BCUT2D eigenvalue weighted by Gasteiger charge is 2.34. The van der Waals surface area contributed by atoms with Gasteiger partial charge in [0, 0.05) is 24.2 Å². The van der Waals surface area contributed by atoms with Gasteiger partial charge in [-0.3, -0.25) is 9.00 Å². The molecule has 0 aromatic heterocycles. The Balaban J connectivity index is 2.29. The summed E-state index contributed by atoms with van der Waals surface area (Å²) >= 11 is 0. The summed E-state index contributed by atoms with van der Waals surface area (Å²) in [6.07, 6.45) is 0.658. The molecular weight excluding hydrogens is 236 g/mol. The molecule has 0 bridgehead atoms. The molecule has 2 N–H and O–H groups in total. The third-order valence-electron chi connectivity index (χ3n) is 3.05. The van der Waals surface area contributed by atoms with Gasteiger partial charge in [-0.1, -0.05) is 0 Å². The summed E-state index contributed by atoms with van der Waals surface area (Å²) in [5.74, 6) is -0.0282. The van der Waals surface area contributed by atoms with Crippen molar-refractivity contribution in [1.82, 2.24) is 4.90 Å². The van der Waals surface area contributed by atoms with Gasteiger partial charge in [-0.2, -0.15) is 0 Å². The van der Waals surface area contributed by atoms with Crippen LogP contribution in [0.1, 0.15) is 12.0 Å². The maximum Gasteiger partial charge on any atom is 0.238 e. The predicted octanol–water partition coefficient (Wildman–Crippen LogP) is 0.916. The highest BCUT2D eigenvalue weighted by molar-refractivity contribution is 7.86. The highest BCUT2D eigenvalue weighted by atomic mass is 32.2. The van der Waals surface area contributed by atoms with E-state index in [-0.39, 0.29) is 5.91 Å². The maximum atomic E-state index is 12.4. The number of nitrogen functional groups attached to an aromatic ring is 1. The van der Waals surface area contributed by atoms with E-state index in [1.165, 1.54) is 0 Å². The normalized spacial score (nSPS) is 21.9. The molecule has 4 nitrogen and oxygen atoms in total. The Hall–Kier alpha value is -1.36. The van der Waals surface area contributed by atoms with Crippen molar-refractivity contribution < 1.29 is 9.00 Å². The van der Waals surface area contributed by atoms with Gasteiger partial charge in [-0.25, -0.2) is 0 Å². The minimum atomic E-state index is -1.28. The molecule has 1 aliphatic rings. The molecule has 1 aliphatic heterocycles. The van der Waals surface area contributed by atoms with Crippen LogP contribution in [0.5, 0.6) is 0 Å².